The van der Waals surface area contributed by atoms with E-state index in [4.69, 9.17) is 9.47 Å². The minimum Gasteiger partial charge on any atom is -0.493 e. The van der Waals surface area contributed by atoms with Gasteiger partial charge < -0.3 is 19.4 Å². The van der Waals surface area contributed by atoms with Crippen LogP contribution >= 0.6 is 0 Å². The summed E-state index contributed by atoms with van der Waals surface area (Å²) in [6.07, 6.45) is 0.428. The number of amides is 1. The fourth-order valence-corrected chi connectivity index (χ4v) is 4.04. The number of carbonyl (C=O) groups is 1. The zero-order valence-electron chi connectivity index (χ0n) is 18.7. The molecule has 1 aliphatic rings. The third kappa shape index (κ3) is 4.60. The van der Waals surface area contributed by atoms with Crippen molar-refractivity contribution >= 4 is 16.8 Å². The summed E-state index contributed by atoms with van der Waals surface area (Å²) in [5.41, 5.74) is 2.57. The zero-order valence-corrected chi connectivity index (χ0v) is 18.7. The first-order valence-electron chi connectivity index (χ1n) is 10.7. The number of hydrogen-bond acceptors (Lipinski definition) is 6. The Bertz CT molecular complexity index is 1180. The highest BCUT2D eigenvalue weighted by atomic mass is 16.5. The molecular weight excluding hydrogens is 408 g/mol. The summed E-state index contributed by atoms with van der Waals surface area (Å²) in [5.74, 6) is 1.77. The molecule has 0 spiro atoms. The largest absolute Gasteiger partial charge is 0.493 e. The number of nitrogens with zero attached hydrogens (tertiary/aromatic N) is 3. The predicted molar refractivity (Wildman–Crippen MR) is 122 cm³/mol. The molecule has 2 heterocycles. The maximum absolute atomic E-state index is 12.7. The van der Waals surface area contributed by atoms with Crippen molar-refractivity contribution in [3.8, 4) is 11.5 Å². The summed E-state index contributed by atoms with van der Waals surface area (Å²) in [6, 6.07) is 11.4. The van der Waals surface area contributed by atoms with Gasteiger partial charge in [-0.25, -0.2) is 4.98 Å². The van der Waals surface area contributed by atoms with Crippen molar-refractivity contribution in [3.63, 3.8) is 0 Å². The van der Waals surface area contributed by atoms with E-state index >= 15 is 0 Å². The second kappa shape index (κ2) is 9.40. The normalized spacial score (nSPS) is 14.5. The van der Waals surface area contributed by atoms with Gasteiger partial charge in [0.1, 0.15) is 5.82 Å². The number of hydrogen-bond donors (Lipinski definition) is 1. The van der Waals surface area contributed by atoms with Gasteiger partial charge in [-0.3, -0.25) is 14.5 Å². The first kappa shape index (κ1) is 21.8. The Morgan fingerprint density at radius 1 is 1.06 bits per heavy atom. The summed E-state index contributed by atoms with van der Waals surface area (Å²) >= 11 is 0. The van der Waals surface area contributed by atoms with Crippen molar-refractivity contribution in [1.29, 1.82) is 0 Å². The van der Waals surface area contributed by atoms with E-state index in [2.05, 4.69) is 14.9 Å². The number of H-pyrrole nitrogens is 1. The number of rotatable bonds is 6. The molecule has 0 unspecified atom stereocenters. The fraction of sp³-hybridized carbons (Fsp3) is 0.375. The van der Waals surface area contributed by atoms with Gasteiger partial charge in [-0.05, 0) is 24.1 Å². The molecule has 2 aromatic carbocycles. The number of ether oxygens (including phenoxy) is 2. The van der Waals surface area contributed by atoms with Gasteiger partial charge in [-0.15, -0.1) is 0 Å². The van der Waals surface area contributed by atoms with Crippen molar-refractivity contribution in [3.05, 3.63) is 63.7 Å². The number of aryl methyl sites for hydroxylation is 1. The molecule has 8 heteroatoms. The highest BCUT2D eigenvalue weighted by molar-refractivity contribution is 5.82. The number of carbonyl (C=O) groups excluding carboxylic acids is 1. The van der Waals surface area contributed by atoms with Crippen LogP contribution in [0.5, 0.6) is 11.5 Å². The van der Waals surface area contributed by atoms with Crippen LogP contribution in [-0.4, -0.2) is 66.1 Å². The minimum atomic E-state index is -0.210. The van der Waals surface area contributed by atoms with Gasteiger partial charge >= 0.3 is 0 Å². The molecule has 3 aromatic rings. The van der Waals surface area contributed by atoms with Gasteiger partial charge in [0, 0.05) is 32.2 Å². The third-order valence-corrected chi connectivity index (χ3v) is 5.96. The highest BCUT2D eigenvalue weighted by Gasteiger charge is 2.22. The van der Waals surface area contributed by atoms with Crippen molar-refractivity contribution in [1.82, 2.24) is 19.8 Å². The van der Waals surface area contributed by atoms with Gasteiger partial charge in [-0.2, -0.15) is 0 Å². The summed E-state index contributed by atoms with van der Waals surface area (Å²) in [4.78, 5) is 36.9. The summed E-state index contributed by atoms with van der Waals surface area (Å²) in [7, 11) is 3.09. The highest BCUT2D eigenvalue weighted by Crippen LogP contribution is 2.30. The quantitative estimate of drug-likeness (QED) is 0.637. The monoisotopic (exact) mass is 436 g/mol. The molecule has 32 heavy (non-hydrogen) atoms. The molecule has 1 fully saturated rings. The average molecular weight is 437 g/mol. The molecule has 1 N–H and O–H groups in total. The molecule has 0 atom stereocenters. The van der Waals surface area contributed by atoms with Crippen LogP contribution in [0, 0.1) is 6.92 Å². The number of benzene rings is 2. The molecule has 0 radical (unpaired) electrons. The van der Waals surface area contributed by atoms with E-state index < -0.39 is 0 Å². The Morgan fingerprint density at radius 3 is 2.44 bits per heavy atom. The van der Waals surface area contributed by atoms with E-state index in [1.165, 1.54) is 7.11 Å². The Morgan fingerprint density at radius 2 is 1.75 bits per heavy atom. The molecule has 168 valence electrons. The fourth-order valence-electron chi connectivity index (χ4n) is 4.04. The molecule has 8 nitrogen and oxygen atoms in total. The number of methoxy groups -OCH3 is 2. The van der Waals surface area contributed by atoms with E-state index in [0.717, 1.165) is 24.2 Å². The Balaban J connectivity index is 1.41. The standard InChI is InChI=1S/C24H28N4O4/c1-16-6-4-5-7-17(16)12-23(29)28-10-8-27(9-11-28)15-22-25-19-14-21(32-3)20(31-2)13-18(19)24(30)26-22/h4-7,13-14H,8-12,15H2,1-3H3,(H,25,26,30). The molecule has 1 aromatic heterocycles. The molecule has 1 aliphatic heterocycles. The van der Waals surface area contributed by atoms with E-state index in [0.29, 0.717) is 54.3 Å². The Hall–Kier alpha value is -3.39. The lowest BCUT2D eigenvalue weighted by Gasteiger charge is -2.34. The van der Waals surface area contributed by atoms with Crippen molar-refractivity contribution in [2.24, 2.45) is 0 Å². The maximum atomic E-state index is 12.7. The molecular formula is C24H28N4O4. The van der Waals surface area contributed by atoms with Gasteiger partial charge in [0.15, 0.2) is 11.5 Å². The van der Waals surface area contributed by atoms with Gasteiger partial charge in [-0.1, -0.05) is 24.3 Å². The summed E-state index contributed by atoms with van der Waals surface area (Å²) < 4.78 is 10.6. The molecule has 1 amide bonds. The van der Waals surface area contributed by atoms with Crippen LogP contribution in [0.25, 0.3) is 10.9 Å². The number of aromatic nitrogens is 2. The van der Waals surface area contributed by atoms with Gasteiger partial charge in [0.05, 0.1) is 38.1 Å². The SMILES string of the molecule is COc1cc2nc(CN3CCN(C(=O)Cc4ccccc4C)CC3)[nH]c(=O)c2cc1OC. The first-order chi connectivity index (χ1) is 15.5. The topological polar surface area (TPSA) is 87.8 Å². The van der Waals surface area contributed by atoms with E-state index in [1.54, 1.807) is 19.2 Å². The number of piperazine rings is 1. The van der Waals surface area contributed by atoms with Crippen molar-refractivity contribution < 1.29 is 14.3 Å². The molecule has 0 bridgehead atoms. The number of aromatic amines is 1. The lowest BCUT2D eigenvalue weighted by atomic mass is 10.1. The van der Waals surface area contributed by atoms with Crippen LogP contribution in [0.2, 0.25) is 0 Å². The molecule has 1 saturated heterocycles. The van der Waals surface area contributed by atoms with Crippen LogP contribution in [0.3, 0.4) is 0 Å². The number of nitrogens with one attached hydrogen (secondary N) is 1. The van der Waals surface area contributed by atoms with E-state index in [1.807, 2.05) is 36.1 Å². The molecule has 0 aliphatic carbocycles. The third-order valence-electron chi connectivity index (χ3n) is 5.96. The predicted octanol–water partition coefficient (Wildman–Crippen LogP) is 2.14. The molecule has 4 rings (SSSR count). The number of fused-ring (bicyclic) bond motifs is 1. The Labute approximate surface area is 186 Å². The lowest BCUT2D eigenvalue weighted by molar-refractivity contribution is -0.132. The lowest BCUT2D eigenvalue weighted by Crippen LogP contribution is -2.49. The zero-order chi connectivity index (χ0) is 22.7. The van der Waals surface area contributed by atoms with Crippen LogP contribution < -0.4 is 15.0 Å². The summed E-state index contributed by atoms with van der Waals surface area (Å²) in [6.45, 7) is 5.32. The second-order valence-corrected chi connectivity index (χ2v) is 8.00. The summed E-state index contributed by atoms with van der Waals surface area (Å²) in [5, 5.41) is 0.457. The van der Waals surface area contributed by atoms with E-state index in [9.17, 15) is 9.59 Å². The second-order valence-electron chi connectivity index (χ2n) is 8.00. The Kier molecular flexibility index (Phi) is 6.41. The maximum Gasteiger partial charge on any atom is 0.258 e. The van der Waals surface area contributed by atoms with Crippen LogP contribution in [0.1, 0.15) is 17.0 Å². The average Bonchev–Trinajstić information content (AvgIpc) is 2.80. The van der Waals surface area contributed by atoms with E-state index in [-0.39, 0.29) is 11.5 Å². The first-order valence-corrected chi connectivity index (χ1v) is 10.7. The minimum absolute atomic E-state index is 0.150. The van der Waals surface area contributed by atoms with Gasteiger partial charge in [0.2, 0.25) is 5.91 Å². The molecule has 0 saturated carbocycles. The smallest absolute Gasteiger partial charge is 0.258 e. The van der Waals surface area contributed by atoms with Crippen LogP contribution in [0.4, 0.5) is 0 Å². The van der Waals surface area contributed by atoms with Gasteiger partial charge in [0.25, 0.3) is 5.56 Å². The van der Waals surface area contributed by atoms with Crippen molar-refractivity contribution in [2.75, 3.05) is 40.4 Å². The van der Waals surface area contributed by atoms with Crippen LogP contribution in [0.15, 0.2) is 41.2 Å². The van der Waals surface area contributed by atoms with Crippen molar-refractivity contribution in [2.45, 2.75) is 19.9 Å². The van der Waals surface area contributed by atoms with Crippen LogP contribution in [-0.2, 0) is 17.8 Å².